The van der Waals surface area contributed by atoms with Gasteiger partial charge in [-0.15, -0.1) is 0 Å². The first kappa shape index (κ1) is 68.3. The monoisotopic (exact) mass is 1240 g/mol. The third kappa shape index (κ3) is 17.7. The Labute approximate surface area is 529 Å². The Morgan fingerprint density at radius 2 is 1.07 bits per heavy atom. The number of Topliss-reactive ketones (excluding diaryl/α,β-unsaturated/α-hetero) is 2. The lowest BCUT2D eigenvalue weighted by molar-refractivity contribution is -0.144. The van der Waals surface area contributed by atoms with E-state index in [0.29, 0.717) is 134 Å². The number of ketones is 2. The van der Waals surface area contributed by atoms with Gasteiger partial charge in [-0.25, -0.2) is 0 Å². The van der Waals surface area contributed by atoms with Gasteiger partial charge >= 0.3 is 0 Å². The number of hydrogen-bond donors (Lipinski definition) is 9. The van der Waals surface area contributed by atoms with Crippen molar-refractivity contribution >= 4 is 58.4 Å². The van der Waals surface area contributed by atoms with Gasteiger partial charge in [0.15, 0.2) is 11.6 Å². The molecule has 0 radical (unpaired) electrons. The van der Waals surface area contributed by atoms with Gasteiger partial charge in [0.25, 0.3) is 10.9 Å². The summed E-state index contributed by atoms with van der Waals surface area (Å²) in [5.41, 5.74) is 1.84. The summed E-state index contributed by atoms with van der Waals surface area (Å²) in [6.07, 6.45) is 9.67. The van der Waals surface area contributed by atoms with Crippen molar-refractivity contribution in [2.45, 2.75) is 197 Å². The van der Waals surface area contributed by atoms with E-state index in [1.54, 1.807) is 36.0 Å². The first-order valence-corrected chi connectivity index (χ1v) is 33.0. The van der Waals surface area contributed by atoms with Crippen molar-refractivity contribution in [1.29, 1.82) is 0 Å². The van der Waals surface area contributed by atoms with Crippen LogP contribution in [-0.4, -0.2) is 145 Å². The lowest BCUT2D eigenvalue weighted by Gasteiger charge is -2.33. The molecule has 0 aliphatic carbocycles. The molecule has 0 aromatic heterocycles. The van der Waals surface area contributed by atoms with Crippen molar-refractivity contribution in [3.8, 4) is 0 Å². The maximum atomic E-state index is 14.8. The minimum absolute atomic E-state index is 0.00400. The fourth-order valence-corrected chi connectivity index (χ4v) is 13.8. The lowest BCUT2D eigenvalue weighted by Crippen LogP contribution is -2.58. The van der Waals surface area contributed by atoms with Crippen LogP contribution in [0.5, 0.6) is 0 Å². The van der Waals surface area contributed by atoms with Crippen molar-refractivity contribution in [1.82, 2.24) is 47.0 Å². The van der Waals surface area contributed by atoms with E-state index in [9.17, 15) is 47.9 Å². The fourth-order valence-electron chi connectivity index (χ4n) is 13.8. The van der Waals surface area contributed by atoms with Crippen LogP contribution in [0.3, 0.4) is 0 Å². The molecule has 4 aliphatic rings. The molecular formula is C69H95N11O10. The molecule has 0 spiro atoms. The highest BCUT2D eigenvalue weighted by Crippen LogP contribution is 2.37. The van der Waals surface area contributed by atoms with Crippen molar-refractivity contribution in [3.63, 3.8) is 0 Å². The molecule has 9 N–H and O–H groups in total. The summed E-state index contributed by atoms with van der Waals surface area (Å²) in [5, 5.41) is 27.8. The standard InChI is InChI=1S/C69H95N11O10/c1-5-51(70-3)65(86)77-59-47(38-41-72-42-45-22-13-8-14-23-45)29-31-50-34-36-54(80(50)68(59)89)67(88)76-58(46-24-15-9-16-25-46)56(82)26-17-10-18-39-73-61-62(64(85)63(61)84)74-40-19-27-57(83)75-43-48-30-32-49-33-35-53(55(81)37-28-44-20-11-7-12-21-44)79(49)69(90)60(48)78-66(87)52(6-2)71-4/h7-9,11-16,20-25,47-54,58-60,70-74H,5-6,10,17-19,26-43H2,1-4H3,(H,75,83)(H,76,88)(H,77,86)(H,78,87)/t47-,48-,49+,50+,51+,52+,53+,54+,58+,59+,60+/m1/s1. The summed E-state index contributed by atoms with van der Waals surface area (Å²) < 4.78 is 0. The van der Waals surface area contributed by atoms with Gasteiger partial charge in [-0.2, -0.15) is 0 Å². The number of hydrogen-bond acceptors (Lipinski definition) is 15. The number of amides is 6. The Morgan fingerprint density at radius 3 is 1.66 bits per heavy atom. The zero-order valence-corrected chi connectivity index (χ0v) is 53.0. The topological polar surface area (TPSA) is 285 Å². The molecule has 11 atom stereocenters. The van der Waals surface area contributed by atoms with E-state index in [4.69, 9.17) is 0 Å². The van der Waals surface area contributed by atoms with Crippen LogP contribution in [0.25, 0.3) is 0 Å². The molecule has 0 unspecified atom stereocenters. The maximum Gasteiger partial charge on any atom is 0.253 e. The van der Waals surface area contributed by atoms with Crippen LogP contribution < -0.4 is 58.7 Å². The third-order valence-corrected chi connectivity index (χ3v) is 19.0. The van der Waals surface area contributed by atoms with Gasteiger partial charge < -0.3 is 57.7 Å². The Balaban J connectivity index is 0.787. The molecule has 21 nitrogen and oxygen atoms in total. The molecule has 4 saturated heterocycles. The number of likely N-dealkylation sites (N-methyl/N-ethyl adjacent to an activating group) is 2. The Kier molecular flexibility index (Phi) is 25.8. The van der Waals surface area contributed by atoms with E-state index in [1.807, 2.05) is 80.6 Å². The van der Waals surface area contributed by atoms with Crippen LogP contribution >= 0.6 is 0 Å². The molecule has 4 aromatic rings. The molecule has 4 fully saturated rings. The van der Waals surface area contributed by atoms with Crippen LogP contribution in [0.1, 0.15) is 152 Å². The van der Waals surface area contributed by atoms with Gasteiger partial charge in [0.2, 0.25) is 35.4 Å². The minimum atomic E-state index is -0.960. The van der Waals surface area contributed by atoms with E-state index in [1.165, 1.54) is 0 Å². The van der Waals surface area contributed by atoms with Crippen molar-refractivity contribution in [2.75, 3.05) is 50.9 Å². The van der Waals surface area contributed by atoms with Gasteiger partial charge in [-0.1, -0.05) is 111 Å². The number of carbonyl (C=O) groups excluding carboxylic acids is 8. The van der Waals surface area contributed by atoms with Crippen molar-refractivity contribution < 1.29 is 38.4 Å². The summed E-state index contributed by atoms with van der Waals surface area (Å²) in [7, 11) is 3.41. The third-order valence-electron chi connectivity index (χ3n) is 19.0. The number of nitrogens with zero attached hydrogens (tertiary/aromatic N) is 2. The second-order valence-electron chi connectivity index (χ2n) is 24.8. The molecule has 4 aromatic carbocycles. The summed E-state index contributed by atoms with van der Waals surface area (Å²) in [6, 6.07) is 23.4. The number of unbranched alkanes of at least 4 members (excludes halogenated alkanes) is 2. The molecule has 21 heteroatoms. The highest BCUT2D eigenvalue weighted by molar-refractivity contribution is 5.97. The van der Waals surface area contributed by atoms with Gasteiger partial charge in [0.05, 0.1) is 18.1 Å². The molecule has 6 amide bonds. The van der Waals surface area contributed by atoms with Crippen molar-refractivity contribution in [2.24, 2.45) is 11.8 Å². The van der Waals surface area contributed by atoms with E-state index < -0.39 is 65.0 Å². The number of carbonyl (C=O) groups is 8. The Morgan fingerprint density at radius 1 is 0.544 bits per heavy atom. The van der Waals surface area contributed by atoms with E-state index >= 15 is 0 Å². The molecule has 4 heterocycles. The van der Waals surface area contributed by atoms with Crippen LogP contribution in [0, 0.1) is 11.8 Å². The Bertz CT molecular complexity index is 3120. The number of aryl methyl sites for hydroxylation is 1. The normalized spacial score (nSPS) is 22.5. The van der Waals surface area contributed by atoms with Gasteiger partial charge in [-0.3, -0.25) is 47.9 Å². The molecule has 8 rings (SSSR count). The zero-order chi connectivity index (χ0) is 64.1. The molecule has 0 bridgehead atoms. The van der Waals surface area contributed by atoms with Crippen LogP contribution in [-0.2, 0) is 51.3 Å². The van der Waals surface area contributed by atoms with E-state index in [0.717, 1.165) is 11.1 Å². The predicted molar refractivity (Wildman–Crippen MR) is 347 cm³/mol. The average Bonchev–Trinajstić information content (AvgIpc) is 1.64. The number of rotatable bonds is 35. The average molecular weight is 1240 g/mol. The summed E-state index contributed by atoms with van der Waals surface area (Å²) >= 11 is 0. The first-order chi connectivity index (χ1) is 43.6. The predicted octanol–water partition coefficient (Wildman–Crippen LogP) is 4.88. The van der Waals surface area contributed by atoms with Gasteiger partial charge in [0.1, 0.15) is 35.5 Å². The summed E-state index contributed by atoms with van der Waals surface area (Å²) in [5.74, 6) is -2.60. The highest BCUT2D eigenvalue weighted by atomic mass is 16.2. The van der Waals surface area contributed by atoms with Gasteiger partial charge in [0, 0.05) is 63.4 Å². The summed E-state index contributed by atoms with van der Waals surface area (Å²) in [4.78, 5) is 141. The largest absolute Gasteiger partial charge is 0.380 e. The number of nitrogens with one attached hydrogen (secondary N) is 9. The zero-order valence-electron chi connectivity index (χ0n) is 53.0. The molecular weight excluding hydrogens is 1140 g/mol. The molecule has 486 valence electrons. The van der Waals surface area contributed by atoms with Crippen LogP contribution in [0.4, 0.5) is 11.4 Å². The Hall–Kier alpha value is -7.62. The first-order valence-electron chi connectivity index (χ1n) is 33.0. The van der Waals surface area contributed by atoms with Gasteiger partial charge in [-0.05, 0) is 140 Å². The fraction of sp³-hybridized carbons (Fsp3) is 0.565. The number of fused-ring (bicyclic) bond motifs is 2. The van der Waals surface area contributed by atoms with E-state index in [-0.39, 0.29) is 96.4 Å². The SMILES string of the molecule is CC[C@H](NC)C(=O)N[C@@H]1C(=O)N2[C@@H](CC[C@@H]1CNC(=O)CCCNc1c(NCCCCCC(=O)[C@@H](NC(=O)[C@@H]3CC[C@@H]4CC[C@H](CCNCc5ccccc5)[C@H](NC(=O)[C@H](CC)NC)C(=O)N43)c3ccccc3)c(=O)c1=O)CC[C@H]2C(=O)CCc1ccccc1. The summed E-state index contributed by atoms with van der Waals surface area (Å²) in [6.45, 7) is 5.81. The number of anilines is 2. The molecule has 4 aliphatic heterocycles. The van der Waals surface area contributed by atoms with Crippen LogP contribution in [0.15, 0.2) is 101 Å². The molecule has 0 saturated carbocycles. The lowest BCUT2D eigenvalue weighted by atomic mass is 9.90. The smallest absolute Gasteiger partial charge is 0.253 e. The second-order valence-corrected chi connectivity index (χ2v) is 24.8. The quantitative estimate of drug-likeness (QED) is 0.0219. The highest BCUT2D eigenvalue weighted by Gasteiger charge is 2.49. The second kappa shape index (κ2) is 34.0. The molecule has 90 heavy (non-hydrogen) atoms. The van der Waals surface area contributed by atoms with Crippen molar-refractivity contribution in [3.05, 3.63) is 128 Å². The van der Waals surface area contributed by atoms with E-state index in [2.05, 4.69) is 60.0 Å². The number of benzene rings is 3. The van der Waals surface area contributed by atoms with Crippen LogP contribution in [0.2, 0.25) is 0 Å². The minimum Gasteiger partial charge on any atom is -0.380 e. The maximum absolute atomic E-state index is 14.8.